The second-order valence-corrected chi connectivity index (χ2v) is 2.61. The molecule has 1 heterocycles. The molecule has 0 aromatic carbocycles. The van der Waals surface area contributed by atoms with E-state index >= 15 is 0 Å². The van der Waals surface area contributed by atoms with Gasteiger partial charge in [0.05, 0.1) is 5.56 Å². The van der Waals surface area contributed by atoms with Gasteiger partial charge in [0, 0.05) is 16.9 Å². The monoisotopic (exact) mass is 231 g/mol. The van der Waals surface area contributed by atoms with Gasteiger partial charge in [0.15, 0.2) is 0 Å². The van der Waals surface area contributed by atoms with E-state index in [4.69, 9.17) is 5.11 Å². The van der Waals surface area contributed by atoms with E-state index in [0.717, 1.165) is 0 Å². The van der Waals surface area contributed by atoms with E-state index in [0.29, 0.717) is 4.47 Å². The maximum atomic E-state index is 10.3. The zero-order valence-corrected chi connectivity index (χ0v) is 8.50. The molecule has 1 N–H and O–H groups in total. The Morgan fingerprint density at radius 2 is 2.08 bits per heavy atom. The molecule has 0 atom stereocenters. The van der Waals surface area contributed by atoms with Crippen LogP contribution in [0.25, 0.3) is 0 Å². The van der Waals surface area contributed by atoms with Gasteiger partial charge in [0.25, 0.3) is 0 Å². The van der Waals surface area contributed by atoms with Crippen LogP contribution in [-0.4, -0.2) is 16.1 Å². The van der Waals surface area contributed by atoms with Crippen LogP contribution in [0.15, 0.2) is 22.9 Å². The van der Waals surface area contributed by atoms with Crippen molar-refractivity contribution in [3.63, 3.8) is 0 Å². The van der Waals surface area contributed by atoms with Crippen molar-refractivity contribution in [2.24, 2.45) is 0 Å². The lowest BCUT2D eigenvalue weighted by Gasteiger charge is -1.91. The summed E-state index contributed by atoms with van der Waals surface area (Å²) < 4.78 is 0.674. The van der Waals surface area contributed by atoms with Crippen molar-refractivity contribution in [3.05, 3.63) is 28.5 Å². The van der Waals surface area contributed by atoms with Gasteiger partial charge in [-0.25, -0.2) is 4.79 Å². The summed E-state index contributed by atoms with van der Waals surface area (Å²) in [6, 6.07) is 1.50. The van der Waals surface area contributed by atoms with Crippen LogP contribution in [0, 0.1) is 0 Å². The van der Waals surface area contributed by atoms with Gasteiger partial charge in [0.2, 0.25) is 0 Å². The van der Waals surface area contributed by atoms with Crippen molar-refractivity contribution in [1.82, 2.24) is 4.98 Å². The van der Waals surface area contributed by atoms with Crippen LogP contribution in [0.5, 0.6) is 0 Å². The third-order valence-electron chi connectivity index (χ3n) is 0.952. The van der Waals surface area contributed by atoms with E-state index in [-0.39, 0.29) is 5.56 Å². The normalized spacial score (nSPS) is 8.25. The molecule has 3 nitrogen and oxygen atoms in total. The molecule has 0 aliphatic heterocycles. The quantitative estimate of drug-likeness (QED) is 0.809. The number of halogens is 1. The minimum Gasteiger partial charge on any atom is -0.478 e. The fourth-order valence-electron chi connectivity index (χ4n) is 0.529. The van der Waals surface area contributed by atoms with Crippen LogP contribution in [0.2, 0.25) is 0 Å². The van der Waals surface area contributed by atoms with E-state index in [1.807, 2.05) is 13.8 Å². The smallest absolute Gasteiger partial charge is 0.337 e. The Labute approximate surface area is 79.6 Å². The van der Waals surface area contributed by atoms with Crippen molar-refractivity contribution in [1.29, 1.82) is 0 Å². The highest BCUT2D eigenvalue weighted by atomic mass is 79.9. The molecule has 66 valence electrons. The van der Waals surface area contributed by atoms with Crippen molar-refractivity contribution >= 4 is 21.9 Å². The third-order valence-corrected chi connectivity index (χ3v) is 1.39. The standard InChI is InChI=1S/C6H4BrNO2.C2H6/c7-5-1-4(6(9)10)2-8-3-5;1-2/h1-3H,(H,9,10);1-2H3. The first-order chi connectivity index (χ1) is 5.70. The van der Waals surface area contributed by atoms with E-state index < -0.39 is 5.97 Å². The number of pyridine rings is 1. The van der Waals surface area contributed by atoms with Crippen molar-refractivity contribution in [2.45, 2.75) is 13.8 Å². The Morgan fingerprint density at radius 1 is 1.50 bits per heavy atom. The topological polar surface area (TPSA) is 50.2 Å². The van der Waals surface area contributed by atoms with Gasteiger partial charge in [-0.05, 0) is 22.0 Å². The summed E-state index contributed by atoms with van der Waals surface area (Å²) >= 11 is 3.10. The highest BCUT2D eigenvalue weighted by molar-refractivity contribution is 9.10. The van der Waals surface area contributed by atoms with Crippen LogP contribution in [0.1, 0.15) is 24.2 Å². The molecular formula is C8H10BrNO2. The molecule has 1 aromatic heterocycles. The second-order valence-electron chi connectivity index (χ2n) is 1.70. The number of nitrogens with zero attached hydrogens (tertiary/aromatic N) is 1. The molecule has 12 heavy (non-hydrogen) atoms. The lowest BCUT2D eigenvalue weighted by Crippen LogP contribution is -1.95. The average molecular weight is 232 g/mol. The zero-order chi connectivity index (χ0) is 9.56. The van der Waals surface area contributed by atoms with E-state index in [2.05, 4.69) is 20.9 Å². The summed E-state index contributed by atoms with van der Waals surface area (Å²) in [5.74, 6) is -0.964. The van der Waals surface area contributed by atoms with Gasteiger partial charge in [0.1, 0.15) is 0 Å². The van der Waals surface area contributed by atoms with Gasteiger partial charge >= 0.3 is 5.97 Å². The predicted octanol–water partition coefficient (Wildman–Crippen LogP) is 2.57. The van der Waals surface area contributed by atoms with E-state index in [1.165, 1.54) is 18.5 Å². The van der Waals surface area contributed by atoms with Gasteiger partial charge in [-0.2, -0.15) is 0 Å². The second kappa shape index (κ2) is 5.71. The first-order valence-corrected chi connectivity index (χ1v) is 4.33. The van der Waals surface area contributed by atoms with Gasteiger partial charge in [-0.15, -0.1) is 0 Å². The van der Waals surface area contributed by atoms with E-state index in [1.54, 1.807) is 0 Å². The van der Waals surface area contributed by atoms with E-state index in [9.17, 15) is 4.79 Å². The number of carboxylic acid groups (broad SMARTS) is 1. The van der Waals surface area contributed by atoms with Gasteiger partial charge in [-0.1, -0.05) is 13.8 Å². The molecule has 1 rings (SSSR count). The maximum absolute atomic E-state index is 10.3. The summed E-state index contributed by atoms with van der Waals surface area (Å²) in [5.41, 5.74) is 0.189. The molecule has 0 bridgehead atoms. The molecule has 0 unspecified atom stereocenters. The number of hydrogen-bond donors (Lipinski definition) is 1. The number of rotatable bonds is 1. The summed E-state index contributed by atoms with van der Waals surface area (Å²) in [6.07, 6.45) is 2.83. The first kappa shape index (κ1) is 11.1. The van der Waals surface area contributed by atoms with Crippen LogP contribution >= 0.6 is 15.9 Å². The Bertz CT molecular complexity index is 263. The third kappa shape index (κ3) is 3.48. The molecule has 0 amide bonds. The Morgan fingerprint density at radius 3 is 2.42 bits per heavy atom. The molecule has 0 aliphatic rings. The van der Waals surface area contributed by atoms with Crippen LogP contribution in [0.4, 0.5) is 0 Å². The SMILES string of the molecule is CC.O=C(O)c1cncc(Br)c1. The van der Waals surface area contributed by atoms with Gasteiger partial charge in [-0.3, -0.25) is 4.98 Å². The lowest BCUT2D eigenvalue weighted by molar-refractivity contribution is 0.0696. The lowest BCUT2D eigenvalue weighted by atomic mass is 10.3. The molecule has 0 saturated carbocycles. The number of aromatic carboxylic acids is 1. The van der Waals surface area contributed by atoms with Crippen molar-refractivity contribution < 1.29 is 9.90 Å². The van der Waals surface area contributed by atoms with Crippen LogP contribution in [0.3, 0.4) is 0 Å². The van der Waals surface area contributed by atoms with Crippen molar-refractivity contribution in [3.8, 4) is 0 Å². The van der Waals surface area contributed by atoms with Crippen LogP contribution in [-0.2, 0) is 0 Å². The van der Waals surface area contributed by atoms with Gasteiger partial charge < -0.3 is 5.11 Å². The molecule has 0 radical (unpaired) electrons. The summed E-state index contributed by atoms with van der Waals surface area (Å²) in [7, 11) is 0. The molecule has 0 fully saturated rings. The molecular weight excluding hydrogens is 222 g/mol. The largest absolute Gasteiger partial charge is 0.478 e. The number of hydrogen-bond acceptors (Lipinski definition) is 2. The highest BCUT2D eigenvalue weighted by Gasteiger charge is 2.01. The minimum atomic E-state index is -0.964. The Kier molecular flexibility index (Phi) is 5.28. The number of carboxylic acids is 1. The Hall–Kier alpha value is -0.900. The molecule has 4 heteroatoms. The molecule has 1 aromatic rings. The highest BCUT2D eigenvalue weighted by Crippen LogP contribution is 2.08. The fourth-order valence-corrected chi connectivity index (χ4v) is 0.894. The fraction of sp³-hybridized carbons (Fsp3) is 0.250. The zero-order valence-electron chi connectivity index (χ0n) is 6.91. The summed E-state index contributed by atoms with van der Waals surface area (Å²) in [4.78, 5) is 14.0. The van der Waals surface area contributed by atoms with Crippen LogP contribution < -0.4 is 0 Å². The summed E-state index contributed by atoms with van der Waals surface area (Å²) in [6.45, 7) is 4.00. The molecule has 0 aliphatic carbocycles. The Balaban J connectivity index is 0.000000561. The number of carbonyl (C=O) groups is 1. The molecule has 0 spiro atoms. The summed E-state index contributed by atoms with van der Waals surface area (Å²) in [5, 5.41) is 8.45. The predicted molar refractivity (Wildman–Crippen MR) is 50.2 cm³/mol. The minimum absolute atomic E-state index is 0.189. The average Bonchev–Trinajstić information content (AvgIpc) is 2.08. The first-order valence-electron chi connectivity index (χ1n) is 3.54. The number of aromatic nitrogens is 1. The molecule has 0 saturated heterocycles. The maximum Gasteiger partial charge on any atom is 0.337 e. The van der Waals surface area contributed by atoms with Crippen molar-refractivity contribution in [2.75, 3.05) is 0 Å².